The van der Waals surface area contributed by atoms with Crippen LogP contribution in [0.2, 0.25) is 0 Å². The first kappa shape index (κ1) is 13.9. The minimum absolute atomic E-state index is 0.300. The zero-order valence-corrected chi connectivity index (χ0v) is 10.0. The molecule has 96 valence electrons. The topological polar surface area (TPSA) is 30.5 Å². The Morgan fingerprint density at radius 1 is 1.29 bits per heavy atom. The number of hydrogen-bond donors (Lipinski definition) is 1. The van der Waals surface area contributed by atoms with Crippen molar-refractivity contribution in [3.8, 4) is 5.75 Å². The molecule has 17 heavy (non-hydrogen) atoms. The van der Waals surface area contributed by atoms with Crippen LogP contribution in [-0.2, 0) is 17.9 Å². The third kappa shape index (κ3) is 4.66. The number of alkyl halides is 2. The molecule has 0 heterocycles. The lowest BCUT2D eigenvalue weighted by Crippen LogP contribution is -2.20. The highest BCUT2D eigenvalue weighted by atomic mass is 19.3. The summed E-state index contributed by atoms with van der Waals surface area (Å²) in [7, 11) is 3.18. The summed E-state index contributed by atoms with van der Waals surface area (Å²) in [4.78, 5) is 0. The maximum atomic E-state index is 12.0. The monoisotopic (exact) mass is 245 g/mol. The predicted octanol–water partition coefficient (Wildman–Crippen LogP) is 2.20. The second-order valence-corrected chi connectivity index (χ2v) is 3.60. The van der Waals surface area contributed by atoms with Crippen LogP contribution < -0.4 is 10.1 Å². The van der Waals surface area contributed by atoms with E-state index in [2.05, 4.69) is 5.32 Å². The molecule has 0 spiro atoms. The van der Waals surface area contributed by atoms with E-state index in [4.69, 9.17) is 9.47 Å². The first-order valence-corrected chi connectivity index (χ1v) is 5.31. The van der Waals surface area contributed by atoms with Crippen molar-refractivity contribution in [2.24, 2.45) is 0 Å². The fraction of sp³-hybridized carbons (Fsp3) is 0.500. The molecule has 1 N–H and O–H groups in total. The van der Waals surface area contributed by atoms with E-state index in [1.165, 1.54) is 0 Å². The molecule has 0 unspecified atom stereocenters. The van der Waals surface area contributed by atoms with Crippen molar-refractivity contribution >= 4 is 0 Å². The lowest BCUT2D eigenvalue weighted by molar-refractivity contribution is 0.145. The minimum atomic E-state index is -2.33. The van der Waals surface area contributed by atoms with Crippen LogP contribution in [0.4, 0.5) is 8.78 Å². The van der Waals surface area contributed by atoms with Crippen molar-refractivity contribution in [1.29, 1.82) is 0 Å². The van der Waals surface area contributed by atoms with Crippen molar-refractivity contribution < 1.29 is 18.3 Å². The van der Waals surface area contributed by atoms with E-state index >= 15 is 0 Å². The maximum absolute atomic E-state index is 12.0. The van der Waals surface area contributed by atoms with Crippen molar-refractivity contribution in [2.75, 3.05) is 20.8 Å². The Kier molecular flexibility index (Phi) is 5.86. The van der Waals surface area contributed by atoms with Crippen LogP contribution in [0.1, 0.15) is 11.1 Å². The number of hydrogen-bond acceptors (Lipinski definition) is 3. The summed E-state index contributed by atoms with van der Waals surface area (Å²) in [5.74, 6) is 0.740. The third-order valence-corrected chi connectivity index (χ3v) is 2.27. The van der Waals surface area contributed by atoms with Crippen molar-refractivity contribution in [2.45, 2.75) is 19.6 Å². The first-order chi connectivity index (χ1) is 8.17. The number of rotatable bonds is 7. The van der Waals surface area contributed by atoms with Gasteiger partial charge in [0.25, 0.3) is 6.43 Å². The van der Waals surface area contributed by atoms with Crippen LogP contribution in [0.5, 0.6) is 5.75 Å². The summed E-state index contributed by atoms with van der Waals surface area (Å²) < 4.78 is 34.1. The average molecular weight is 245 g/mol. The molecule has 0 atom stereocenters. The molecule has 5 heteroatoms. The van der Waals surface area contributed by atoms with Gasteiger partial charge in [0, 0.05) is 19.2 Å². The second-order valence-electron chi connectivity index (χ2n) is 3.60. The van der Waals surface area contributed by atoms with Crippen molar-refractivity contribution in [3.63, 3.8) is 0 Å². The minimum Gasteiger partial charge on any atom is -0.496 e. The zero-order chi connectivity index (χ0) is 12.7. The van der Waals surface area contributed by atoms with Gasteiger partial charge in [0.2, 0.25) is 0 Å². The van der Waals surface area contributed by atoms with Gasteiger partial charge >= 0.3 is 0 Å². The number of methoxy groups -OCH3 is 2. The Morgan fingerprint density at radius 3 is 2.65 bits per heavy atom. The highest BCUT2D eigenvalue weighted by molar-refractivity contribution is 5.36. The van der Waals surface area contributed by atoms with Gasteiger partial charge in [-0.15, -0.1) is 0 Å². The molecule has 0 aliphatic carbocycles. The van der Waals surface area contributed by atoms with Gasteiger partial charge in [0.15, 0.2) is 0 Å². The van der Waals surface area contributed by atoms with Crippen molar-refractivity contribution in [3.05, 3.63) is 29.3 Å². The summed E-state index contributed by atoms with van der Waals surface area (Å²) in [5.41, 5.74) is 1.84. The summed E-state index contributed by atoms with van der Waals surface area (Å²) in [6.45, 7) is 0.544. The fourth-order valence-electron chi connectivity index (χ4n) is 1.54. The van der Waals surface area contributed by atoms with Gasteiger partial charge in [0.05, 0.1) is 20.3 Å². The Balaban J connectivity index is 2.64. The summed E-state index contributed by atoms with van der Waals surface area (Å²) in [5, 5.41) is 2.68. The van der Waals surface area contributed by atoms with Gasteiger partial charge in [-0.2, -0.15) is 0 Å². The lowest BCUT2D eigenvalue weighted by atomic mass is 10.1. The molecule has 0 aliphatic rings. The van der Waals surface area contributed by atoms with Crippen LogP contribution >= 0.6 is 0 Å². The highest BCUT2D eigenvalue weighted by Gasteiger charge is 2.05. The maximum Gasteiger partial charge on any atom is 0.250 e. The van der Waals surface area contributed by atoms with E-state index in [0.29, 0.717) is 13.2 Å². The van der Waals surface area contributed by atoms with Gasteiger partial charge < -0.3 is 14.8 Å². The van der Waals surface area contributed by atoms with Crippen LogP contribution in [-0.4, -0.2) is 27.2 Å². The van der Waals surface area contributed by atoms with Gasteiger partial charge in [0.1, 0.15) is 5.75 Å². The van der Waals surface area contributed by atoms with E-state index in [1.54, 1.807) is 14.2 Å². The predicted molar refractivity (Wildman–Crippen MR) is 61.4 cm³/mol. The number of halogens is 2. The fourth-order valence-corrected chi connectivity index (χ4v) is 1.54. The molecule has 1 aromatic rings. The van der Waals surface area contributed by atoms with Gasteiger partial charge in [-0.1, -0.05) is 6.07 Å². The molecule has 0 amide bonds. The smallest absolute Gasteiger partial charge is 0.250 e. The van der Waals surface area contributed by atoms with Gasteiger partial charge in [-0.05, 0) is 17.7 Å². The second kappa shape index (κ2) is 7.19. The molecule has 0 bridgehead atoms. The van der Waals surface area contributed by atoms with Crippen LogP contribution in [0.25, 0.3) is 0 Å². The molecule has 0 aliphatic heterocycles. The average Bonchev–Trinajstić information content (AvgIpc) is 2.29. The molecule has 0 radical (unpaired) electrons. The van der Waals surface area contributed by atoms with Crippen LogP contribution in [0, 0.1) is 0 Å². The molecule has 0 saturated heterocycles. The third-order valence-electron chi connectivity index (χ3n) is 2.27. The number of ether oxygens (including phenoxy) is 2. The Bertz CT molecular complexity index is 345. The summed E-state index contributed by atoms with van der Waals surface area (Å²) in [6.07, 6.45) is -2.33. The quantitative estimate of drug-likeness (QED) is 0.798. The lowest BCUT2D eigenvalue weighted by Gasteiger charge is -2.10. The molecule has 0 fully saturated rings. The van der Waals surface area contributed by atoms with E-state index in [1.807, 2.05) is 18.2 Å². The molecule has 3 nitrogen and oxygen atoms in total. The molecule has 1 aromatic carbocycles. The summed E-state index contributed by atoms with van der Waals surface area (Å²) in [6, 6.07) is 5.55. The van der Waals surface area contributed by atoms with E-state index in [9.17, 15) is 8.78 Å². The van der Waals surface area contributed by atoms with E-state index < -0.39 is 6.43 Å². The Morgan fingerprint density at radius 2 is 2.06 bits per heavy atom. The van der Waals surface area contributed by atoms with E-state index in [-0.39, 0.29) is 6.54 Å². The van der Waals surface area contributed by atoms with Gasteiger partial charge in [-0.3, -0.25) is 0 Å². The standard InChI is InChI=1S/C12H17F2NO2/c1-16-8-10-5-9(3-4-11(10)17-2)6-15-7-12(13)14/h3-5,12,15H,6-8H2,1-2H3. The zero-order valence-electron chi connectivity index (χ0n) is 10.0. The number of benzene rings is 1. The largest absolute Gasteiger partial charge is 0.496 e. The number of nitrogens with one attached hydrogen (secondary N) is 1. The molecule has 1 rings (SSSR count). The van der Waals surface area contributed by atoms with E-state index in [0.717, 1.165) is 16.9 Å². The summed E-state index contributed by atoms with van der Waals surface area (Å²) >= 11 is 0. The SMILES string of the molecule is COCc1cc(CNCC(F)F)ccc1OC. The first-order valence-electron chi connectivity index (χ1n) is 5.31. The Hall–Kier alpha value is -1.20. The van der Waals surface area contributed by atoms with Crippen LogP contribution in [0.15, 0.2) is 18.2 Å². The molecular formula is C12H17F2NO2. The van der Waals surface area contributed by atoms with Gasteiger partial charge in [-0.25, -0.2) is 8.78 Å². The van der Waals surface area contributed by atoms with Crippen molar-refractivity contribution in [1.82, 2.24) is 5.32 Å². The van der Waals surface area contributed by atoms with Crippen LogP contribution in [0.3, 0.4) is 0 Å². The highest BCUT2D eigenvalue weighted by Crippen LogP contribution is 2.20. The molecule has 0 aromatic heterocycles. The molecular weight excluding hydrogens is 228 g/mol. The molecule has 0 saturated carbocycles. The normalized spacial score (nSPS) is 10.9. The Labute approximate surface area is 99.7 Å².